The van der Waals surface area contributed by atoms with Gasteiger partial charge in [-0.1, -0.05) is 13.8 Å². The lowest BCUT2D eigenvalue weighted by Gasteiger charge is -2.30. The fourth-order valence-electron chi connectivity index (χ4n) is 2.30. The minimum absolute atomic E-state index is 0.0952. The van der Waals surface area contributed by atoms with Gasteiger partial charge in [-0.25, -0.2) is 0 Å². The summed E-state index contributed by atoms with van der Waals surface area (Å²) in [5.41, 5.74) is -0.521. The van der Waals surface area contributed by atoms with Crippen LogP contribution in [0.1, 0.15) is 37.0 Å². The van der Waals surface area contributed by atoms with E-state index in [1.807, 2.05) is 13.8 Å². The van der Waals surface area contributed by atoms with Gasteiger partial charge in [0.15, 0.2) is 0 Å². The van der Waals surface area contributed by atoms with E-state index in [2.05, 4.69) is 0 Å². The largest absolute Gasteiger partial charge is 0.508 e. The Morgan fingerprint density at radius 1 is 1.38 bits per heavy atom. The number of phenolic OH excluding ortho intramolecular Hbond substituents is 1. The highest BCUT2D eigenvalue weighted by atomic mass is 16.6. The molecule has 116 valence electrons. The van der Waals surface area contributed by atoms with Crippen molar-refractivity contribution in [1.82, 2.24) is 4.90 Å². The summed E-state index contributed by atoms with van der Waals surface area (Å²) in [5, 5.41) is 29.6. The maximum Gasteiger partial charge on any atom is 0.282 e. The number of aliphatic hydroxyl groups is 1. The summed E-state index contributed by atoms with van der Waals surface area (Å²) < 4.78 is 0. The molecule has 0 bridgehead atoms. The molecule has 0 saturated carbocycles. The van der Waals surface area contributed by atoms with Gasteiger partial charge in [0, 0.05) is 18.7 Å². The number of benzene rings is 1. The maximum atomic E-state index is 12.6. The van der Waals surface area contributed by atoms with Crippen LogP contribution in [0.4, 0.5) is 5.69 Å². The van der Waals surface area contributed by atoms with Crippen molar-refractivity contribution in [3.63, 3.8) is 0 Å². The average Bonchev–Trinajstić information content (AvgIpc) is 2.46. The zero-order valence-corrected chi connectivity index (χ0v) is 12.2. The molecule has 1 aromatic rings. The second-order valence-electron chi connectivity index (χ2n) is 4.65. The molecule has 7 nitrogen and oxygen atoms in total. The van der Waals surface area contributed by atoms with Gasteiger partial charge in [0.05, 0.1) is 11.5 Å². The molecule has 0 radical (unpaired) electrons. The minimum atomic E-state index is -0.656. The number of phenols is 1. The quantitative estimate of drug-likeness (QED) is 0.591. The maximum absolute atomic E-state index is 12.6. The number of aromatic hydroxyl groups is 1. The Morgan fingerprint density at radius 3 is 2.48 bits per heavy atom. The predicted molar refractivity (Wildman–Crippen MR) is 77.3 cm³/mol. The second-order valence-corrected chi connectivity index (χ2v) is 4.65. The highest BCUT2D eigenvalue weighted by Gasteiger charge is 2.28. The first-order chi connectivity index (χ1) is 9.96. The number of nitrogens with zero attached hydrogens (tertiary/aromatic N) is 2. The first-order valence-electron chi connectivity index (χ1n) is 6.85. The summed E-state index contributed by atoms with van der Waals surface area (Å²) in [6, 6.07) is 3.24. The van der Waals surface area contributed by atoms with E-state index in [4.69, 9.17) is 5.11 Å². The van der Waals surface area contributed by atoms with Crippen LogP contribution >= 0.6 is 0 Å². The first kappa shape index (κ1) is 16.9. The molecule has 0 aliphatic carbocycles. The van der Waals surface area contributed by atoms with Crippen LogP contribution in [0, 0.1) is 10.1 Å². The summed E-state index contributed by atoms with van der Waals surface area (Å²) in [7, 11) is 0. The number of rotatable bonds is 7. The van der Waals surface area contributed by atoms with E-state index in [1.54, 1.807) is 0 Å². The smallest absolute Gasteiger partial charge is 0.282 e. The molecule has 0 heterocycles. The lowest BCUT2D eigenvalue weighted by molar-refractivity contribution is -0.385. The van der Waals surface area contributed by atoms with Gasteiger partial charge in [-0.15, -0.1) is 0 Å². The van der Waals surface area contributed by atoms with Gasteiger partial charge < -0.3 is 15.1 Å². The van der Waals surface area contributed by atoms with Crippen LogP contribution in [0.5, 0.6) is 5.75 Å². The molecule has 1 rings (SSSR count). The van der Waals surface area contributed by atoms with E-state index in [0.717, 1.165) is 12.1 Å². The molecule has 21 heavy (non-hydrogen) atoms. The minimum Gasteiger partial charge on any atom is -0.508 e. The molecule has 0 spiro atoms. The summed E-state index contributed by atoms with van der Waals surface area (Å²) in [5.74, 6) is -0.766. The number of nitro groups is 1. The van der Waals surface area contributed by atoms with Gasteiger partial charge in [0.1, 0.15) is 11.3 Å². The van der Waals surface area contributed by atoms with Crippen LogP contribution < -0.4 is 0 Å². The lowest BCUT2D eigenvalue weighted by Crippen LogP contribution is -2.41. The number of nitro benzene ring substituents is 1. The summed E-state index contributed by atoms with van der Waals surface area (Å²) >= 11 is 0. The SMILES string of the molecule is CCC(CC)N(CCO)C(=O)c1cc(O)ccc1[N+](=O)[O-]. The molecule has 0 fully saturated rings. The van der Waals surface area contributed by atoms with Crippen LogP contribution in [0.2, 0.25) is 0 Å². The van der Waals surface area contributed by atoms with Gasteiger partial charge in [0.25, 0.3) is 11.6 Å². The molecular weight excluding hydrogens is 276 g/mol. The summed E-state index contributed by atoms with van der Waals surface area (Å²) in [4.78, 5) is 24.4. The molecule has 2 N–H and O–H groups in total. The predicted octanol–water partition coefficient (Wildman–Crippen LogP) is 1.92. The standard InChI is InChI=1S/C14H20N2O5/c1-3-10(4-2)15(7-8-17)14(19)12-9-11(18)5-6-13(12)16(20)21/h5-6,9-10,17-18H,3-4,7-8H2,1-2H3. The normalized spacial score (nSPS) is 10.7. The molecule has 1 aromatic carbocycles. The summed E-state index contributed by atoms with van der Waals surface area (Å²) in [6.45, 7) is 3.68. The van der Waals surface area contributed by atoms with Crippen LogP contribution in [-0.2, 0) is 0 Å². The number of hydrogen-bond donors (Lipinski definition) is 2. The number of aliphatic hydroxyl groups excluding tert-OH is 1. The van der Waals surface area contributed by atoms with Crippen molar-refractivity contribution >= 4 is 11.6 Å². The van der Waals surface area contributed by atoms with Crippen LogP contribution in [-0.4, -0.2) is 45.1 Å². The van der Waals surface area contributed by atoms with Gasteiger partial charge in [-0.3, -0.25) is 14.9 Å². The van der Waals surface area contributed by atoms with Crippen molar-refractivity contribution in [2.24, 2.45) is 0 Å². The van der Waals surface area contributed by atoms with Gasteiger partial charge >= 0.3 is 0 Å². The topological polar surface area (TPSA) is 104 Å². The molecule has 0 aromatic heterocycles. The van der Waals surface area contributed by atoms with Crippen molar-refractivity contribution in [1.29, 1.82) is 0 Å². The first-order valence-corrected chi connectivity index (χ1v) is 6.85. The fraction of sp³-hybridized carbons (Fsp3) is 0.500. The third kappa shape index (κ3) is 3.91. The highest BCUT2D eigenvalue weighted by Crippen LogP contribution is 2.26. The molecule has 0 saturated heterocycles. The molecule has 7 heteroatoms. The van der Waals surface area contributed by atoms with E-state index in [1.165, 1.54) is 11.0 Å². The average molecular weight is 296 g/mol. The van der Waals surface area contributed by atoms with E-state index < -0.39 is 10.8 Å². The van der Waals surface area contributed by atoms with Gasteiger partial charge in [-0.2, -0.15) is 0 Å². The Bertz CT molecular complexity index is 514. The monoisotopic (exact) mass is 296 g/mol. The van der Waals surface area contributed by atoms with Crippen molar-refractivity contribution in [2.75, 3.05) is 13.2 Å². The van der Waals surface area contributed by atoms with Crippen molar-refractivity contribution in [2.45, 2.75) is 32.7 Å². The third-order valence-electron chi connectivity index (χ3n) is 3.39. The van der Waals surface area contributed by atoms with Crippen molar-refractivity contribution < 1.29 is 19.9 Å². The Hall–Kier alpha value is -2.15. The number of carbonyl (C=O) groups excluding carboxylic acids is 1. The van der Waals surface area contributed by atoms with E-state index in [-0.39, 0.29) is 36.2 Å². The highest BCUT2D eigenvalue weighted by molar-refractivity contribution is 5.98. The van der Waals surface area contributed by atoms with Crippen LogP contribution in [0.25, 0.3) is 0 Å². The second kappa shape index (κ2) is 7.58. The third-order valence-corrected chi connectivity index (χ3v) is 3.39. The zero-order valence-electron chi connectivity index (χ0n) is 12.2. The van der Waals surface area contributed by atoms with E-state index in [0.29, 0.717) is 12.8 Å². The van der Waals surface area contributed by atoms with E-state index in [9.17, 15) is 20.0 Å². The Kier molecular flexibility index (Phi) is 6.10. The molecule has 0 atom stereocenters. The van der Waals surface area contributed by atoms with Gasteiger partial charge in [-0.05, 0) is 25.0 Å². The fourth-order valence-corrected chi connectivity index (χ4v) is 2.30. The van der Waals surface area contributed by atoms with E-state index >= 15 is 0 Å². The van der Waals surface area contributed by atoms with Crippen LogP contribution in [0.15, 0.2) is 18.2 Å². The van der Waals surface area contributed by atoms with Crippen molar-refractivity contribution in [3.05, 3.63) is 33.9 Å². The Labute approximate surface area is 123 Å². The lowest BCUT2D eigenvalue weighted by atomic mass is 10.1. The molecule has 0 aliphatic heterocycles. The zero-order chi connectivity index (χ0) is 16.0. The van der Waals surface area contributed by atoms with Crippen LogP contribution in [0.3, 0.4) is 0 Å². The number of carbonyl (C=O) groups is 1. The number of amides is 1. The molecular formula is C14H20N2O5. The Morgan fingerprint density at radius 2 is 2.00 bits per heavy atom. The molecule has 0 aliphatic rings. The summed E-state index contributed by atoms with van der Waals surface area (Å²) in [6.07, 6.45) is 1.35. The molecule has 0 unspecified atom stereocenters. The van der Waals surface area contributed by atoms with Crippen molar-refractivity contribution in [3.8, 4) is 5.75 Å². The Balaban J connectivity index is 3.25. The number of hydrogen-bond acceptors (Lipinski definition) is 5. The van der Waals surface area contributed by atoms with Gasteiger partial charge in [0.2, 0.25) is 0 Å². The molecule has 1 amide bonds.